The molecule has 0 saturated carbocycles. The fraction of sp³-hybridized carbons (Fsp3) is 0.500. The highest BCUT2D eigenvalue weighted by Crippen LogP contribution is 2.24. The fourth-order valence-corrected chi connectivity index (χ4v) is 2.42. The van der Waals surface area contributed by atoms with E-state index < -0.39 is 0 Å². The molecule has 1 rings (SSSR count). The average molecular weight is 271 g/mol. The van der Waals surface area contributed by atoms with Crippen molar-refractivity contribution in [2.75, 3.05) is 5.75 Å². The molecule has 0 atom stereocenters. The zero-order valence-electron chi connectivity index (χ0n) is 10.6. The summed E-state index contributed by atoms with van der Waals surface area (Å²) >= 11 is 7.44. The minimum absolute atomic E-state index is 0.233. The van der Waals surface area contributed by atoms with Crippen molar-refractivity contribution >= 4 is 29.1 Å². The number of ketones is 1. The number of halogens is 1. The van der Waals surface area contributed by atoms with Crippen LogP contribution in [0.4, 0.5) is 0 Å². The number of hydrogen-bond acceptors (Lipinski definition) is 2. The summed E-state index contributed by atoms with van der Waals surface area (Å²) in [5.74, 6) is 0.848. The van der Waals surface area contributed by atoms with E-state index in [1.54, 1.807) is 11.8 Å². The van der Waals surface area contributed by atoms with E-state index in [1.165, 1.54) is 0 Å². The normalized spacial score (nSPS) is 11.5. The minimum atomic E-state index is 0.233. The van der Waals surface area contributed by atoms with Gasteiger partial charge in [-0.25, -0.2) is 0 Å². The van der Waals surface area contributed by atoms with Gasteiger partial charge in [0, 0.05) is 16.3 Å². The standard InChI is InChI=1S/C14H19ClOS/c1-14(2,3)8-7-12(16)10-17-13-6-4-5-11(15)9-13/h4-6,9H,7-8,10H2,1-3H3. The number of carbonyl (C=O) groups is 1. The van der Waals surface area contributed by atoms with Gasteiger partial charge in [0.1, 0.15) is 5.78 Å². The molecule has 0 heterocycles. The molecule has 1 aromatic rings. The summed E-state index contributed by atoms with van der Waals surface area (Å²) in [6.07, 6.45) is 1.61. The van der Waals surface area contributed by atoms with E-state index in [2.05, 4.69) is 20.8 Å². The Balaban J connectivity index is 2.33. The number of hydrogen-bond donors (Lipinski definition) is 0. The molecule has 1 nitrogen and oxygen atoms in total. The van der Waals surface area contributed by atoms with Crippen LogP contribution in [0.25, 0.3) is 0 Å². The Morgan fingerprint density at radius 2 is 2.06 bits per heavy atom. The molecule has 0 aliphatic rings. The Labute approximate surface area is 113 Å². The summed E-state index contributed by atoms with van der Waals surface area (Å²) in [5, 5.41) is 0.720. The second-order valence-corrected chi connectivity index (χ2v) is 6.83. The Morgan fingerprint density at radius 3 is 2.65 bits per heavy atom. The molecular formula is C14H19ClOS. The predicted octanol–water partition coefficient (Wildman–Crippen LogP) is 4.83. The lowest BCUT2D eigenvalue weighted by Crippen LogP contribution is -2.10. The Bertz CT molecular complexity index is 382. The second kappa shape index (κ2) is 6.46. The van der Waals surface area contributed by atoms with Crippen LogP contribution in [-0.2, 0) is 4.79 Å². The molecule has 0 radical (unpaired) electrons. The lowest BCUT2D eigenvalue weighted by atomic mass is 9.90. The Kier molecular flexibility index (Phi) is 5.54. The molecule has 0 spiro atoms. The Hall–Kier alpha value is -0.470. The zero-order chi connectivity index (χ0) is 12.9. The molecule has 0 aromatic heterocycles. The van der Waals surface area contributed by atoms with Gasteiger partial charge < -0.3 is 0 Å². The van der Waals surface area contributed by atoms with E-state index in [9.17, 15) is 4.79 Å². The summed E-state index contributed by atoms with van der Waals surface area (Å²) in [4.78, 5) is 12.8. The third kappa shape index (κ3) is 6.75. The van der Waals surface area contributed by atoms with Crippen LogP contribution >= 0.6 is 23.4 Å². The maximum atomic E-state index is 11.7. The first kappa shape index (κ1) is 14.6. The van der Waals surface area contributed by atoms with Crippen molar-refractivity contribution in [2.24, 2.45) is 5.41 Å². The van der Waals surface area contributed by atoms with Crippen LogP contribution in [0.5, 0.6) is 0 Å². The van der Waals surface area contributed by atoms with Gasteiger partial charge in [0.25, 0.3) is 0 Å². The van der Waals surface area contributed by atoms with Crippen molar-refractivity contribution in [1.29, 1.82) is 0 Å². The van der Waals surface area contributed by atoms with Crippen LogP contribution < -0.4 is 0 Å². The van der Waals surface area contributed by atoms with E-state index in [-0.39, 0.29) is 5.41 Å². The van der Waals surface area contributed by atoms with Gasteiger partial charge in [0.15, 0.2) is 0 Å². The van der Waals surface area contributed by atoms with Gasteiger partial charge in [0.2, 0.25) is 0 Å². The highest BCUT2D eigenvalue weighted by Gasteiger charge is 2.13. The van der Waals surface area contributed by atoms with Crippen LogP contribution in [-0.4, -0.2) is 11.5 Å². The molecule has 3 heteroatoms. The summed E-state index contributed by atoms with van der Waals surface area (Å²) in [5.41, 5.74) is 0.233. The smallest absolute Gasteiger partial charge is 0.143 e. The van der Waals surface area contributed by atoms with Crippen LogP contribution in [0.15, 0.2) is 29.2 Å². The van der Waals surface area contributed by atoms with Gasteiger partial charge in [-0.15, -0.1) is 11.8 Å². The highest BCUT2D eigenvalue weighted by atomic mass is 35.5. The van der Waals surface area contributed by atoms with E-state index >= 15 is 0 Å². The number of thioether (sulfide) groups is 1. The van der Waals surface area contributed by atoms with Crippen molar-refractivity contribution in [2.45, 2.75) is 38.5 Å². The van der Waals surface area contributed by atoms with E-state index in [4.69, 9.17) is 11.6 Å². The number of Topliss-reactive ketones (excluding diaryl/α,β-unsaturated/α-hetero) is 1. The summed E-state index contributed by atoms with van der Waals surface area (Å²) in [7, 11) is 0. The highest BCUT2D eigenvalue weighted by molar-refractivity contribution is 8.00. The summed E-state index contributed by atoms with van der Waals surface area (Å²) in [6.45, 7) is 6.47. The third-order valence-corrected chi connectivity index (χ3v) is 3.64. The molecule has 0 N–H and O–H groups in total. The molecular weight excluding hydrogens is 252 g/mol. The molecule has 17 heavy (non-hydrogen) atoms. The summed E-state index contributed by atoms with van der Waals surface area (Å²) in [6, 6.07) is 7.62. The zero-order valence-corrected chi connectivity index (χ0v) is 12.2. The molecule has 0 amide bonds. The van der Waals surface area contributed by atoms with Gasteiger partial charge in [-0.1, -0.05) is 38.4 Å². The first-order chi connectivity index (χ1) is 7.87. The maximum Gasteiger partial charge on any atom is 0.143 e. The first-order valence-electron chi connectivity index (χ1n) is 5.77. The van der Waals surface area contributed by atoms with Gasteiger partial charge in [-0.2, -0.15) is 0 Å². The quantitative estimate of drug-likeness (QED) is 0.713. The van der Waals surface area contributed by atoms with Crippen molar-refractivity contribution in [3.63, 3.8) is 0 Å². The van der Waals surface area contributed by atoms with Crippen LogP contribution in [0.2, 0.25) is 5.02 Å². The Morgan fingerprint density at radius 1 is 1.35 bits per heavy atom. The fourth-order valence-electron chi connectivity index (χ4n) is 1.31. The first-order valence-corrected chi connectivity index (χ1v) is 7.13. The lowest BCUT2D eigenvalue weighted by molar-refractivity contribution is -0.117. The maximum absolute atomic E-state index is 11.7. The van der Waals surface area contributed by atoms with E-state index in [1.807, 2.05) is 24.3 Å². The van der Waals surface area contributed by atoms with Gasteiger partial charge in [0.05, 0.1) is 5.75 Å². The van der Waals surface area contributed by atoms with E-state index in [0.717, 1.165) is 16.3 Å². The van der Waals surface area contributed by atoms with E-state index in [0.29, 0.717) is 18.0 Å². The minimum Gasteiger partial charge on any atom is -0.299 e. The monoisotopic (exact) mass is 270 g/mol. The number of carbonyl (C=O) groups excluding carboxylic acids is 1. The lowest BCUT2D eigenvalue weighted by Gasteiger charge is -2.16. The largest absolute Gasteiger partial charge is 0.299 e. The van der Waals surface area contributed by atoms with Gasteiger partial charge in [-0.3, -0.25) is 4.79 Å². The molecule has 0 unspecified atom stereocenters. The molecule has 0 aliphatic carbocycles. The van der Waals surface area contributed by atoms with Crippen molar-refractivity contribution < 1.29 is 4.79 Å². The second-order valence-electron chi connectivity index (χ2n) is 5.35. The molecule has 0 fully saturated rings. The third-order valence-electron chi connectivity index (χ3n) is 2.35. The molecule has 0 bridgehead atoms. The molecule has 94 valence electrons. The van der Waals surface area contributed by atoms with Crippen LogP contribution in [0.1, 0.15) is 33.6 Å². The molecule has 0 aliphatic heterocycles. The van der Waals surface area contributed by atoms with Crippen LogP contribution in [0.3, 0.4) is 0 Å². The number of benzene rings is 1. The summed E-state index contributed by atoms with van der Waals surface area (Å²) < 4.78 is 0. The topological polar surface area (TPSA) is 17.1 Å². The predicted molar refractivity (Wildman–Crippen MR) is 75.9 cm³/mol. The van der Waals surface area contributed by atoms with Crippen molar-refractivity contribution in [3.05, 3.63) is 29.3 Å². The van der Waals surface area contributed by atoms with Gasteiger partial charge in [-0.05, 0) is 30.0 Å². The van der Waals surface area contributed by atoms with Crippen molar-refractivity contribution in [3.8, 4) is 0 Å². The number of rotatable bonds is 5. The van der Waals surface area contributed by atoms with Gasteiger partial charge >= 0.3 is 0 Å². The molecule has 1 aromatic carbocycles. The van der Waals surface area contributed by atoms with Crippen molar-refractivity contribution in [1.82, 2.24) is 0 Å². The SMILES string of the molecule is CC(C)(C)CCC(=O)CSc1cccc(Cl)c1. The average Bonchev–Trinajstić information content (AvgIpc) is 2.23. The molecule has 0 saturated heterocycles. The van der Waals surface area contributed by atoms with Crippen LogP contribution in [0, 0.1) is 5.41 Å².